The summed E-state index contributed by atoms with van der Waals surface area (Å²) in [6.45, 7) is 0.640. The van der Waals surface area contributed by atoms with Gasteiger partial charge in [-0.2, -0.15) is 0 Å². The van der Waals surface area contributed by atoms with Crippen molar-refractivity contribution in [3.05, 3.63) is 65.2 Å². The highest BCUT2D eigenvalue weighted by Gasteiger charge is 2.15. The van der Waals surface area contributed by atoms with Gasteiger partial charge in [0.05, 0.1) is 6.61 Å². The van der Waals surface area contributed by atoms with E-state index >= 15 is 0 Å². The molecule has 0 bridgehead atoms. The maximum Gasteiger partial charge on any atom is 0.267 e. The standard InChI is InChI=1S/C18H16N2O4/c21-17(20-23)8-6-12-3-1-2-4-15(12)19-18(22)14-5-7-16-13(11-14)9-10-24-16/h1-8,11,23H,9-10H2,(H,19,22)(H,20,21). The van der Waals surface area contributed by atoms with Crippen LogP contribution in [0.5, 0.6) is 5.75 Å². The van der Waals surface area contributed by atoms with E-state index in [0.717, 1.165) is 17.7 Å². The van der Waals surface area contributed by atoms with Gasteiger partial charge in [-0.1, -0.05) is 18.2 Å². The van der Waals surface area contributed by atoms with Crippen LogP contribution in [0.25, 0.3) is 6.08 Å². The predicted molar refractivity (Wildman–Crippen MR) is 89.0 cm³/mol. The Morgan fingerprint density at radius 2 is 2.00 bits per heavy atom. The van der Waals surface area contributed by atoms with Gasteiger partial charge in [0.1, 0.15) is 5.75 Å². The van der Waals surface area contributed by atoms with Crippen molar-refractivity contribution in [3.8, 4) is 5.75 Å². The fourth-order valence-corrected chi connectivity index (χ4v) is 2.48. The summed E-state index contributed by atoms with van der Waals surface area (Å²) in [4.78, 5) is 23.6. The number of nitrogens with one attached hydrogen (secondary N) is 2. The maximum absolute atomic E-state index is 12.5. The summed E-state index contributed by atoms with van der Waals surface area (Å²) in [6, 6.07) is 12.4. The van der Waals surface area contributed by atoms with E-state index in [0.29, 0.717) is 23.4 Å². The van der Waals surface area contributed by atoms with E-state index in [2.05, 4.69) is 5.32 Å². The number of fused-ring (bicyclic) bond motifs is 1. The number of benzene rings is 2. The van der Waals surface area contributed by atoms with E-state index in [1.54, 1.807) is 36.4 Å². The van der Waals surface area contributed by atoms with Crippen molar-refractivity contribution in [2.75, 3.05) is 11.9 Å². The van der Waals surface area contributed by atoms with Crippen LogP contribution in [0.3, 0.4) is 0 Å². The molecule has 0 aromatic heterocycles. The van der Waals surface area contributed by atoms with Crippen molar-refractivity contribution < 1.29 is 19.5 Å². The monoisotopic (exact) mass is 324 g/mol. The first-order valence-corrected chi connectivity index (χ1v) is 7.45. The molecule has 3 rings (SSSR count). The Bertz CT molecular complexity index is 814. The van der Waals surface area contributed by atoms with Crippen LogP contribution in [0.15, 0.2) is 48.5 Å². The minimum absolute atomic E-state index is 0.239. The Labute approximate surface area is 138 Å². The van der Waals surface area contributed by atoms with Gasteiger partial charge >= 0.3 is 0 Å². The zero-order valence-corrected chi connectivity index (χ0v) is 12.8. The molecule has 122 valence electrons. The zero-order valence-electron chi connectivity index (χ0n) is 12.8. The molecular formula is C18H16N2O4. The quantitative estimate of drug-likeness (QED) is 0.458. The molecule has 0 fully saturated rings. The maximum atomic E-state index is 12.5. The second kappa shape index (κ2) is 6.97. The van der Waals surface area contributed by atoms with Crippen LogP contribution in [0.2, 0.25) is 0 Å². The SMILES string of the molecule is O=C(C=Cc1ccccc1NC(=O)c1ccc2c(c1)CCO2)NO. The second-order valence-electron chi connectivity index (χ2n) is 5.27. The van der Waals surface area contributed by atoms with E-state index < -0.39 is 5.91 Å². The molecule has 1 heterocycles. The minimum Gasteiger partial charge on any atom is -0.493 e. The van der Waals surface area contributed by atoms with Gasteiger partial charge in [-0.25, -0.2) is 5.48 Å². The van der Waals surface area contributed by atoms with Gasteiger partial charge in [0.25, 0.3) is 11.8 Å². The molecule has 2 aromatic carbocycles. The molecule has 0 unspecified atom stereocenters. The normalized spacial score (nSPS) is 12.5. The first-order chi connectivity index (χ1) is 11.7. The molecule has 24 heavy (non-hydrogen) atoms. The summed E-state index contributed by atoms with van der Waals surface area (Å²) >= 11 is 0. The van der Waals surface area contributed by atoms with Gasteiger partial charge in [0.15, 0.2) is 0 Å². The van der Waals surface area contributed by atoms with Gasteiger partial charge in [0.2, 0.25) is 0 Å². The van der Waals surface area contributed by atoms with E-state index in [9.17, 15) is 9.59 Å². The lowest BCUT2D eigenvalue weighted by molar-refractivity contribution is -0.124. The highest BCUT2D eigenvalue weighted by Crippen LogP contribution is 2.26. The number of ether oxygens (including phenoxy) is 1. The molecule has 0 spiro atoms. The van der Waals surface area contributed by atoms with Crippen LogP contribution >= 0.6 is 0 Å². The Kier molecular flexibility index (Phi) is 4.58. The lowest BCUT2D eigenvalue weighted by atomic mass is 10.1. The average molecular weight is 324 g/mol. The van der Waals surface area contributed by atoms with E-state index in [1.165, 1.54) is 17.6 Å². The van der Waals surface area contributed by atoms with Crippen molar-refractivity contribution in [1.29, 1.82) is 0 Å². The molecule has 0 atom stereocenters. The van der Waals surface area contributed by atoms with Crippen LogP contribution in [0.4, 0.5) is 5.69 Å². The lowest BCUT2D eigenvalue weighted by Gasteiger charge is -2.09. The minimum atomic E-state index is -0.644. The second-order valence-corrected chi connectivity index (χ2v) is 5.27. The lowest BCUT2D eigenvalue weighted by Crippen LogP contribution is -2.15. The molecule has 1 aliphatic rings. The summed E-state index contributed by atoms with van der Waals surface area (Å²) < 4.78 is 5.44. The van der Waals surface area contributed by atoms with Crippen LogP contribution in [0, 0.1) is 0 Å². The fraction of sp³-hybridized carbons (Fsp3) is 0.111. The first kappa shape index (κ1) is 15.8. The molecule has 2 aromatic rings. The number of amides is 2. The third-order valence-corrected chi connectivity index (χ3v) is 3.69. The predicted octanol–water partition coefficient (Wildman–Crippen LogP) is 2.39. The van der Waals surface area contributed by atoms with E-state index in [1.807, 2.05) is 6.07 Å². The summed E-state index contributed by atoms with van der Waals surface area (Å²) in [5.41, 5.74) is 4.31. The third-order valence-electron chi connectivity index (χ3n) is 3.69. The van der Waals surface area contributed by atoms with Crippen LogP contribution in [-0.4, -0.2) is 23.6 Å². The summed E-state index contributed by atoms with van der Waals surface area (Å²) in [7, 11) is 0. The highest BCUT2D eigenvalue weighted by molar-refractivity contribution is 6.05. The number of para-hydroxylation sites is 1. The number of hydrogen-bond acceptors (Lipinski definition) is 4. The third kappa shape index (κ3) is 3.44. The summed E-state index contributed by atoms with van der Waals surface area (Å²) in [5, 5.41) is 11.4. The van der Waals surface area contributed by atoms with Crippen molar-refractivity contribution >= 4 is 23.6 Å². The number of hydroxylamine groups is 1. The van der Waals surface area contributed by atoms with Crippen molar-refractivity contribution in [3.63, 3.8) is 0 Å². The van der Waals surface area contributed by atoms with Crippen molar-refractivity contribution in [1.82, 2.24) is 5.48 Å². The number of anilines is 1. The van der Waals surface area contributed by atoms with E-state index in [4.69, 9.17) is 9.94 Å². The Morgan fingerprint density at radius 1 is 1.17 bits per heavy atom. The fourth-order valence-electron chi connectivity index (χ4n) is 2.48. The molecule has 0 aliphatic carbocycles. The highest BCUT2D eigenvalue weighted by atomic mass is 16.5. The van der Waals surface area contributed by atoms with Crippen molar-refractivity contribution in [2.45, 2.75) is 6.42 Å². The zero-order chi connectivity index (χ0) is 16.9. The number of carbonyl (C=O) groups excluding carboxylic acids is 2. The molecule has 6 nitrogen and oxygen atoms in total. The van der Waals surface area contributed by atoms with Crippen molar-refractivity contribution in [2.24, 2.45) is 0 Å². The Morgan fingerprint density at radius 3 is 2.83 bits per heavy atom. The number of carbonyl (C=O) groups is 2. The molecule has 6 heteroatoms. The van der Waals surface area contributed by atoms with Crippen LogP contribution < -0.4 is 15.5 Å². The topological polar surface area (TPSA) is 87.7 Å². The molecule has 0 saturated heterocycles. The van der Waals surface area contributed by atoms with Gasteiger partial charge < -0.3 is 10.1 Å². The molecule has 0 saturated carbocycles. The molecule has 1 aliphatic heterocycles. The molecule has 3 N–H and O–H groups in total. The Balaban J connectivity index is 1.79. The van der Waals surface area contributed by atoms with Gasteiger partial charge in [-0.3, -0.25) is 14.8 Å². The Hall–Kier alpha value is -3.12. The van der Waals surface area contributed by atoms with Crippen LogP contribution in [0.1, 0.15) is 21.5 Å². The van der Waals surface area contributed by atoms with E-state index in [-0.39, 0.29) is 5.91 Å². The number of hydrogen-bond donors (Lipinski definition) is 3. The van der Waals surface area contributed by atoms with Crippen LogP contribution in [-0.2, 0) is 11.2 Å². The first-order valence-electron chi connectivity index (χ1n) is 7.45. The smallest absolute Gasteiger partial charge is 0.267 e. The van der Waals surface area contributed by atoms with Gasteiger partial charge in [-0.15, -0.1) is 0 Å². The largest absolute Gasteiger partial charge is 0.493 e. The number of rotatable bonds is 4. The molecular weight excluding hydrogens is 308 g/mol. The summed E-state index contributed by atoms with van der Waals surface area (Å²) in [6.07, 6.45) is 3.49. The van der Waals surface area contributed by atoms with Gasteiger partial charge in [0, 0.05) is 23.7 Å². The molecule has 0 radical (unpaired) electrons. The van der Waals surface area contributed by atoms with Gasteiger partial charge in [-0.05, 0) is 41.5 Å². The average Bonchev–Trinajstić information content (AvgIpc) is 3.08. The molecule has 2 amide bonds. The summed E-state index contributed by atoms with van der Waals surface area (Å²) in [5.74, 6) is -0.0585.